The first kappa shape index (κ1) is 16.6. The van der Waals surface area contributed by atoms with Crippen LogP contribution in [0.4, 0.5) is 0 Å². The summed E-state index contributed by atoms with van der Waals surface area (Å²) in [5.74, 6) is 0.950. The number of ether oxygens (including phenoxy) is 1. The number of halogens is 2. The first-order valence-electron chi connectivity index (χ1n) is 7.26. The van der Waals surface area contributed by atoms with Gasteiger partial charge in [-0.15, -0.1) is 0 Å². The molecule has 0 heterocycles. The fourth-order valence-electron chi connectivity index (χ4n) is 2.13. The molecule has 0 fully saturated rings. The lowest BCUT2D eigenvalue weighted by Gasteiger charge is -2.08. The predicted molar refractivity (Wildman–Crippen MR) is 97.5 cm³/mol. The van der Waals surface area contributed by atoms with Crippen molar-refractivity contribution in [1.29, 1.82) is 0 Å². The Labute approximate surface area is 144 Å². The summed E-state index contributed by atoms with van der Waals surface area (Å²) in [6, 6.07) is 14.8. The molecular weight excluding hydrogens is 392 g/mol. The summed E-state index contributed by atoms with van der Waals surface area (Å²) in [7, 11) is 0. The molecule has 0 saturated heterocycles. The van der Waals surface area contributed by atoms with Gasteiger partial charge in [0.15, 0.2) is 0 Å². The molecule has 0 radical (unpaired) electrons. The number of hydrogen-bond donors (Lipinski definition) is 0. The van der Waals surface area contributed by atoms with Crippen molar-refractivity contribution in [2.75, 3.05) is 11.9 Å². The van der Waals surface area contributed by atoms with Crippen molar-refractivity contribution in [1.82, 2.24) is 0 Å². The van der Waals surface area contributed by atoms with E-state index in [0.29, 0.717) is 0 Å². The molecule has 0 bridgehead atoms. The minimum atomic E-state index is 0.795. The van der Waals surface area contributed by atoms with Gasteiger partial charge in [-0.25, -0.2) is 0 Å². The zero-order valence-electron chi connectivity index (χ0n) is 12.2. The summed E-state index contributed by atoms with van der Waals surface area (Å²) in [6.07, 6.45) is 3.53. The Hall–Kier alpha value is -0.800. The number of benzene rings is 2. The number of rotatable bonds is 7. The van der Waals surface area contributed by atoms with Gasteiger partial charge >= 0.3 is 0 Å². The third kappa shape index (κ3) is 5.15. The van der Waals surface area contributed by atoms with Crippen LogP contribution in [0.1, 0.15) is 24.8 Å². The Balaban J connectivity index is 1.93. The second-order valence-electron chi connectivity index (χ2n) is 5.09. The highest BCUT2D eigenvalue weighted by atomic mass is 79.9. The molecule has 21 heavy (non-hydrogen) atoms. The molecule has 0 atom stereocenters. The number of hydrogen-bond acceptors (Lipinski definition) is 1. The molecule has 0 N–H and O–H groups in total. The van der Waals surface area contributed by atoms with E-state index < -0.39 is 0 Å². The Kier molecular flexibility index (Phi) is 6.78. The molecule has 0 spiro atoms. The van der Waals surface area contributed by atoms with Crippen LogP contribution >= 0.6 is 31.9 Å². The number of aryl methyl sites for hydroxylation is 1. The molecule has 0 amide bonds. The summed E-state index contributed by atoms with van der Waals surface area (Å²) >= 11 is 6.98. The Bertz CT molecular complexity index is 564. The van der Waals surface area contributed by atoms with E-state index in [1.165, 1.54) is 29.5 Å². The molecule has 2 aromatic carbocycles. The van der Waals surface area contributed by atoms with E-state index >= 15 is 0 Å². The molecule has 0 saturated carbocycles. The molecule has 2 aromatic rings. The second kappa shape index (κ2) is 8.60. The van der Waals surface area contributed by atoms with Crippen molar-refractivity contribution in [3.05, 3.63) is 52.5 Å². The summed E-state index contributed by atoms with van der Waals surface area (Å²) in [6.45, 7) is 2.90. The van der Waals surface area contributed by atoms with Crippen molar-refractivity contribution in [2.24, 2.45) is 0 Å². The first-order valence-corrected chi connectivity index (χ1v) is 9.17. The average Bonchev–Trinajstić information content (AvgIpc) is 2.50. The maximum absolute atomic E-state index is 5.76. The molecule has 0 aliphatic heterocycles. The zero-order valence-corrected chi connectivity index (χ0v) is 15.4. The lowest BCUT2D eigenvalue weighted by atomic mass is 10.0. The SMILES string of the molecule is Cc1cc(-c2ccc(OCCCCCBr)cc2)ccc1Br. The molecule has 1 nitrogen and oxygen atoms in total. The van der Waals surface area contributed by atoms with Gasteiger partial charge in [-0.1, -0.05) is 56.1 Å². The molecule has 0 aromatic heterocycles. The Morgan fingerprint density at radius 2 is 1.62 bits per heavy atom. The van der Waals surface area contributed by atoms with Gasteiger partial charge in [0.2, 0.25) is 0 Å². The number of unbranched alkanes of at least 4 members (excludes halogenated alkanes) is 2. The van der Waals surface area contributed by atoms with E-state index in [1.807, 2.05) is 0 Å². The van der Waals surface area contributed by atoms with Gasteiger partial charge in [0.05, 0.1) is 6.61 Å². The van der Waals surface area contributed by atoms with Crippen LogP contribution in [0, 0.1) is 6.92 Å². The minimum absolute atomic E-state index is 0.795. The molecule has 2 rings (SSSR count). The van der Waals surface area contributed by atoms with Gasteiger partial charge in [0, 0.05) is 9.80 Å². The maximum atomic E-state index is 5.76. The molecule has 112 valence electrons. The highest BCUT2D eigenvalue weighted by Gasteiger charge is 2.01. The molecule has 0 unspecified atom stereocenters. The van der Waals surface area contributed by atoms with Gasteiger partial charge < -0.3 is 4.74 Å². The normalized spacial score (nSPS) is 10.6. The fourth-order valence-corrected chi connectivity index (χ4v) is 2.77. The molecule has 3 heteroatoms. The Morgan fingerprint density at radius 3 is 2.29 bits per heavy atom. The van der Waals surface area contributed by atoms with Crippen molar-refractivity contribution < 1.29 is 4.74 Å². The predicted octanol–water partition coefficient (Wildman–Crippen LogP) is 6.37. The van der Waals surface area contributed by atoms with Crippen LogP contribution in [0.2, 0.25) is 0 Å². The summed E-state index contributed by atoms with van der Waals surface area (Å²) in [5.41, 5.74) is 3.71. The lowest BCUT2D eigenvalue weighted by Crippen LogP contribution is -1.97. The molecule has 0 aliphatic carbocycles. The van der Waals surface area contributed by atoms with E-state index in [4.69, 9.17) is 4.74 Å². The van der Waals surface area contributed by atoms with Crippen LogP contribution in [-0.4, -0.2) is 11.9 Å². The first-order chi connectivity index (χ1) is 10.2. The van der Waals surface area contributed by atoms with E-state index in [0.717, 1.165) is 28.6 Å². The van der Waals surface area contributed by atoms with Crippen molar-refractivity contribution >= 4 is 31.9 Å². The third-order valence-electron chi connectivity index (χ3n) is 3.39. The maximum Gasteiger partial charge on any atom is 0.119 e. The van der Waals surface area contributed by atoms with E-state index in [9.17, 15) is 0 Å². The van der Waals surface area contributed by atoms with Gasteiger partial charge in [0.25, 0.3) is 0 Å². The van der Waals surface area contributed by atoms with Crippen LogP contribution in [-0.2, 0) is 0 Å². The summed E-state index contributed by atoms with van der Waals surface area (Å²) in [4.78, 5) is 0. The topological polar surface area (TPSA) is 9.23 Å². The minimum Gasteiger partial charge on any atom is -0.494 e. The smallest absolute Gasteiger partial charge is 0.119 e. The lowest BCUT2D eigenvalue weighted by molar-refractivity contribution is 0.306. The van der Waals surface area contributed by atoms with Crippen molar-refractivity contribution in [3.63, 3.8) is 0 Å². The zero-order chi connectivity index (χ0) is 15.1. The van der Waals surface area contributed by atoms with Crippen molar-refractivity contribution in [3.8, 4) is 16.9 Å². The van der Waals surface area contributed by atoms with Gasteiger partial charge in [0.1, 0.15) is 5.75 Å². The largest absolute Gasteiger partial charge is 0.494 e. The van der Waals surface area contributed by atoms with Crippen molar-refractivity contribution in [2.45, 2.75) is 26.2 Å². The molecular formula is C18H20Br2O. The van der Waals surface area contributed by atoms with E-state index in [2.05, 4.69) is 81.2 Å². The van der Waals surface area contributed by atoms with Crippen LogP contribution in [0.3, 0.4) is 0 Å². The van der Waals surface area contributed by atoms with Crippen LogP contribution < -0.4 is 4.74 Å². The van der Waals surface area contributed by atoms with Crippen LogP contribution in [0.25, 0.3) is 11.1 Å². The fraction of sp³-hybridized carbons (Fsp3) is 0.333. The van der Waals surface area contributed by atoms with E-state index in [1.54, 1.807) is 0 Å². The Morgan fingerprint density at radius 1 is 0.905 bits per heavy atom. The number of alkyl halides is 1. The monoisotopic (exact) mass is 410 g/mol. The highest BCUT2D eigenvalue weighted by molar-refractivity contribution is 9.10. The third-order valence-corrected chi connectivity index (χ3v) is 4.84. The van der Waals surface area contributed by atoms with Gasteiger partial charge in [-0.2, -0.15) is 0 Å². The van der Waals surface area contributed by atoms with Crippen LogP contribution in [0.15, 0.2) is 46.9 Å². The van der Waals surface area contributed by atoms with E-state index in [-0.39, 0.29) is 0 Å². The second-order valence-corrected chi connectivity index (χ2v) is 6.73. The quantitative estimate of drug-likeness (QED) is 0.380. The molecule has 0 aliphatic rings. The average molecular weight is 412 g/mol. The van der Waals surface area contributed by atoms with Gasteiger partial charge in [-0.05, 0) is 61.1 Å². The van der Waals surface area contributed by atoms with Crippen LogP contribution in [0.5, 0.6) is 5.75 Å². The highest BCUT2D eigenvalue weighted by Crippen LogP contribution is 2.26. The summed E-state index contributed by atoms with van der Waals surface area (Å²) in [5, 5.41) is 1.08. The summed E-state index contributed by atoms with van der Waals surface area (Å²) < 4.78 is 6.91. The standard InChI is InChI=1S/C18H20Br2O/c1-14-13-16(7-10-18(14)20)15-5-8-17(9-6-15)21-12-4-2-3-11-19/h5-10,13H,2-4,11-12H2,1H3. The van der Waals surface area contributed by atoms with Gasteiger partial charge in [-0.3, -0.25) is 0 Å².